The Bertz CT molecular complexity index is 1010. The van der Waals surface area contributed by atoms with Gasteiger partial charge in [-0.3, -0.25) is 4.79 Å². The number of piperidine rings is 1. The van der Waals surface area contributed by atoms with Crippen LogP contribution in [0.2, 0.25) is 0 Å². The summed E-state index contributed by atoms with van der Waals surface area (Å²) in [6, 6.07) is 11.9. The van der Waals surface area contributed by atoms with Crippen LogP contribution >= 0.6 is 0 Å². The Morgan fingerprint density at radius 2 is 1.81 bits per heavy atom. The predicted octanol–water partition coefficient (Wildman–Crippen LogP) is 4.31. The number of aryl methyl sites for hydroxylation is 1. The van der Waals surface area contributed by atoms with Gasteiger partial charge in [-0.05, 0) is 55.9 Å². The number of carbonyl (C=O) groups excluding carboxylic acids is 1. The summed E-state index contributed by atoms with van der Waals surface area (Å²) in [6.45, 7) is 7.45. The first-order chi connectivity index (χ1) is 14.7. The van der Waals surface area contributed by atoms with Gasteiger partial charge in [-0.15, -0.1) is 0 Å². The number of carbonyl (C=O) groups is 1. The summed E-state index contributed by atoms with van der Waals surface area (Å²) >= 11 is 0. The third-order valence-electron chi connectivity index (χ3n) is 5.97. The number of sulfonamides is 1. The molecular weight excluding hydrogens is 412 g/mol. The molecule has 0 bridgehead atoms. The Morgan fingerprint density at radius 3 is 2.39 bits per heavy atom. The normalized spacial score (nSPS) is 16.2. The second kappa shape index (κ2) is 9.83. The molecule has 0 radical (unpaired) electrons. The minimum absolute atomic E-state index is 0.0626. The maximum absolute atomic E-state index is 13.2. The topological polar surface area (TPSA) is 75.7 Å². The largest absolute Gasteiger partial charge is 0.496 e. The summed E-state index contributed by atoms with van der Waals surface area (Å²) in [5, 5.41) is 0. The number of nitrogens with zero attached hydrogens (tertiary/aromatic N) is 1. The highest BCUT2D eigenvalue weighted by Crippen LogP contribution is 2.27. The van der Waals surface area contributed by atoms with Crippen molar-refractivity contribution in [1.82, 2.24) is 9.62 Å². The fraction of sp³-hybridized carbons (Fsp3) is 0.458. The molecule has 0 spiro atoms. The van der Waals surface area contributed by atoms with Crippen LogP contribution in [0, 0.1) is 12.8 Å². The minimum atomic E-state index is -3.83. The molecule has 1 atom stereocenters. The molecule has 1 heterocycles. The van der Waals surface area contributed by atoms with E-state index in [2.05, 4.69) is 11.6 Å². The molecule has 2 aromatic rings. The van der Waals surface area contributed by atoms with Gasteiger partial charge in [0.2, 0.25) is 10.0 Å². The highest BCUT2D eigenvalue weighted by Gasteiger charge is 2.27. The SMILES string of the molecule is CC[C@H](NS(=O)(=O)c1ccc(OC)c(C(=O)N2CCC(C)CC2)c1)c1ccc(C)cc1. The zero-order valence-electron chi connectivity index (χ0n) is 18.7. The van der Waals surface area contributed by atoms with E-state index in [1.165, 1.54) is 19.2 Å². The van der Waals surface area contributed by atoms with Crippen LogP contribution in [0.25, 0.3) is 0 Å². The van der Waals surface area contributed by atoms with Gasteiger partial charge in [0.05, 0.1) is 17.6 Å². The Balaban J connectivity index is 1.88. The van der Waals surface area contributed by atoms with Crippen molar-refractivity contribution in [1.29, 1.82) is 0 Å². The van der Waals surface area contributed by atoms with Crippen molar-refractivity contribution in [2.75, 3.05) is 20.2 Å². The fourth-order valence-electron chi connectivity index (χ4n) is 3.84. The van der Waals surface area contributed by atoms with Crippen molar-refractivity contribution < 1.29 is 17.9 Å². The van der Waals surface area contributed by atoms with Crippen LogP contribution in [0.5, 0.6) is 5.75 Å². The minimum Gasteiger partial charge on any atom is -0.496 e. The summed E-state index contributed by atoms with van der Waals surface area (Å²) < 4.78 is 34.5. The molecule has 1 aliphatic heterocycles. The molecule has 2 aromatic carbocycles. The summed E-state index contributed by atoms with van der Waals surface area (Å²) in [4.78, 5) is 15.0. The van der Waals surface area contributed by atoms with Crippen LogP contribution in [-0.4, -0.2) is 39.4 Å². The van der Waals surface area contributed by atoms with E-state index >= 15 is 0 Å². The van der Waals surface area contributed by atoms with Crippen molar-refractivity contribution >= 4 is 15.9 Å². The number of hydrogen-bond acceptors (Lipinski definition) is 4. The Labute approximate surface area is 185 Å². The van der Waals surface area contributed by atoms with Crippen molar-refractivity contribution in [3.05, 3.63) is 59.2 Å². The number of methoxy groups -OCH3 is 1. The second-order valence-electron chi connectivity index (χ2n) is 8.33. The van der Waals surface area contributed by atoms with E-state index < -0.39 is 10.0 Å². The first kappa shape index (κ1) is 23.3. The number of likely N-dealkylation sites (tertiary alicyclic amines) is 1. The molecule has 168 valence electrons. The van der Waals surface area contributed by atoms with Crippen molar-refractivity contribution in [2.45, 2.75) is 51.0 Å². The number of hydrogen-bond donors (Lipinski definition) is 1. The van der Waals surface area contributed by atoms with Gasteiger partial charge in [-0.1, -0.05) is 43.7 Å². The Hall–Kier alpha value is -2.38. The molecule has 6 nitrogen and oxygen atoms in total. The number of benzene rings is 2. The molecule has 0 unspecified atom stereocenters. The van der Waals surface area contributed by atoms with Gasteiger partial charge in [0.15, 0.2) is 0 Å². The summed E-state index contributed by atoms with van der Waals surface area (Å²) in [5.74, 6) is 0.786. The van der Waals surface area contributed by atoms with Gasteiger partial charge in [0, 0.05) is 19.1 Å². The number of nitrogens with one attached hydrogen (secondary N) is 1. The molecular formula is C24H32N2O4S. The molecule has 1 saturated heterocycles. The molecule has 7 heteroatoms. The van der Waals surface area contributed by atoms with E-state index in [0.717, 1.165) is 24.0 Å². The third kappa shape index (κ3) is 5.46. The maximum atomic E-state index is 13.2. The van der Waals surface area contributed by atoms with Crippen LogP contribution in [0.4, 0.5) is 0 Å². The second-order valence-corrected chi connectivity index (χ2v) is 10.0. The van der Waals surface area contributed by atoms with Crippen LogP contribution in [0.3, 0.4) is 0 Å². The molecule has 1 fully saturated rings. The van der Waals surface area contributed by atoms with Crippen molar-refractivity contribution in [2.24, 2.45) is 5.92 Å². The summed E-state index contributed by atoms with van der Waals surface area (Å²) in [5.41, 5.74) is 2.30. The van der Waals surface area contributed by atoms with Gasteiger partial charge in [0.1, 0.15) is 5.75 Å². The number of rotatable bonds is 7. The maximum Gasteiger partial charge on any atom is 0.257 e. The molecule has 31 heavy (non-hydrogen) atoms. The van der Waals surface area contributed by atoms with Crippen LogP contribution in [-0.2, 0) is 10.0 Å². The monoisotopic (exact) mass is 444 g/mol. The van der Waals surface area contributed by atoms with Gasteiger partial charge in [-0.2, -0.15) is 0 Å². The quantitative estimate of drug-likeness (QED) is 0.691. The van der Waals surface area contributed by atoms with Gasteiger partial charge >= 0.3 is 0 Å². The van der Waals surface area contributed by atoms with E-state index in [0.29, 0.717) is 31.2 Å². The molecule has 1 amide bonds. The van der Waals surface area contributed by atoms with Crippen molar-refractivity contribution in [3.63, 3.8) is 0 Å². The Morgan fingerprint density at radius 1 is 1.16 bits per heavy atom. The van der Waals surface area contributed by atoms with Crippen LogP contribution in [0.1, 0.15) is 60.6 Å². The standard InChI is InChI=1S/C24H32N2O4S/c1-5-22(19-8-6-17(2)7-9-19)25-31(28,29)20-10-11-23(30-4)21(16-20)24(27)26-14-12-18(3)13-15-26/h6-11,16,18,22,25H,5,12-15H2,1-4H3/t22-/m0/s1. The molecule has 0 saturated carbocycles. The molecule has 0 aromatic heterocycles. The number of ether oxygens (including phenoxy) is 1. The number of amides is 1. The average molecular weight is 445 g/mol. The lowest BCUT2D eigenvalue weighted by atomic mass is 9.98. The van der Waals surface area contributed by atoms with Crippen molar-refractivity contribution in [3.8, 4) is 5.75 Å². The smallest absolute Gasteiger partial charge is 0.257 e. The van der Waals surface area contributed by atoms with Crippen LogP contribution in [0.15, 0.2) is 47.4 Å². The lowest BCUT2D eigenvalue weighted by Crippen LogP contribution is -2.38. The van der Waals surface area contributed by atoms with E-state index in [1.54, 1.807) is 11.0 Å². The zero-order chi connectivity index (χ0) is 22.6. The van der Waals surface area contributed by atoms with Gasteiger partial charge in [-0.25, -0.2) is 13.1 Å². The van der Waals surface area contributed by atoms with Crippen LogP contribution < -0.4 is 9.46 Å². The Kier molecular flexibility index (Phi) is 7.38. The first-order valence-corrected chi connectivity index (χ1v) is 12.3. The lowest BCUT2D eigenvalue weighted by molar-refractivity contribution is 0.0693. The highest BCUT2D eigenvalue weighted by atomic mass is 32.2. The first-order valence-electron chi connectivity index (χ1n) is 10.8. The molecule has 1 aliphatic rings. The molecule has 1 N–H and O–H groups in total. The predicted molar refractivity (Wildman–Crippen MR) is 122 cm³/mol. The van der Waals surface area contributed by atoms with E-state index in [4.69, 9.17) is 4.74 Å². The highest BCUT2D eigenvalue weighted by molar-refractivity contribution is 7.89. The summed E-state index contributed by atoms with van der Waals surface area (Å²) in [6.07, 6.45) is 2.50. The van der Waals surface area contributed by atoms with Gasteiger partial charge < -0.3 is 9.64 Å². The summed E-state index contributed by atoms with van der Waals surface area (Å²) in [7, 11) is -2.34. The van der Waals surface area contributed by atoms with E-state index in [1.807, 2.05) is 38.1 Å². The van der Waals surface area contributed by atoms with E-state index in [-0.39, 0.29) is 22.4 Å². The molecule has 3 rings (SSSR count). The fourth-order valence-corrected chi connectivity index (χ4v) is 5.18. The van der Waals surface area contributed by atoms with E-state index in [9.17, 15) is 13.2 Å². The lowest BCUT2D eigenvalue weighted by Gasteiger charge is -2.30. The molecule has 0 aliphatic carbocycles. The third-order valence-corrected chi connectivity index (χ3v) is 7.44. The van der Waals surface area contributed by atoms with Gasteiger partial charge in [0.25, 0.3) is 5.91 Å². The zero-order valence-corrected chi connectivity index (χ0v) is 19.5. The average Bonchev–Trinajstić information content (AvgIpc) is 2.77.